The summed E-state index contributed by atoms with van der Waals surface area (Å²) in [5, 5.41) is 12.1. The summed E-state index contributed by atoms with van der Waals surface area (Å²) in [5.41, 5.74) is 2.85. The lowest BCUT2D eigenvalue weighted by Crippen LogP contribution is -2.15. The molecule has 0 fully saturated rings. The molecule has 0 aliphatic carbocycles. The number of benzene rings is 2. The van der Waals surface area contributed by atoms with Gasteiger partial charge in [-0.3, -0.25) is 9.36 Å². The fraction of sp³-hybridized carbons (Fsp3) is 0.261. The Hall–Kier alpha value is -2.78. The molecule has 1 heterocycles. The van der Waals surface area contributed by atoms with Crippen LogP contribution in [0.2, 0.25) is 0 Å². The van der Waals surface area contributed by atoms with E-state index in [9.17, 15) is 4.79 Å². The summed E-state index contributed by atoms with van der Waals surface area (Å²) in [6.07, 6.45) is 1.76. The summed E-state index contributed by atoms with van der Waals surface area (Å²) in [7, 11) is 1.61. The number of rotatable bonds is 10. The first kappa shape index (κ1) is 23.9. The maximum Gasteiger partial charge on any atom is 0.234 e. The van der Waals surface area contributed by atoms with Gasteiger partial charge in [0.15, 0.2) is 22.5 Å². The zero-order valence-electron chi connectivity index (χ0n) is 18.2. The van der Waals surface area contributed by atoms with Gasteiger partial charge in [-0.2, -0.15) is 0 Å². The molecule has 32 heavy (non-hydrogen) atoms. The van der Waals surface area contributed by atoms with Crippen molar-refractivity contribution in [2.24, 2.45) is 0 Å². The van der Waals surface area contributed by atoms with Gasteiger partial charge in [-0.1, -0.05) is 39.8 Å². The van der Waals surface area contributed by atoms with Crippen molar-refractivity contribution in [1.29, 1.82) is 0 Å². The van der Waals surface area contributed by atoms with Crippen LogP contribution in [0.4, 0.5) is 5.69 Å². The highest BCUT2D eigenvalue weighted by Crippen LogP contribution is 2.29. The Morgan fingerprint density at radius 3 is 2.75 bits per heavy atom. The summed E-state index contributed by atoms with van der Waals surface area (Å²) in [6, 6.07) is 11.5. The smallest absolute Gasteiger partial charge is 0.234 e. The molecule has 1 N–H and O–H groups in total. The molecule has 1 amide bonds. The van der Waals surface area contributed by atoms with E-state index in [1.807, 2.05) is 54.8 Å². The van der Waals surface area contributed by atoms with E-state index in [2.05, 4.69) is 38.0 Å². The Morgan fingerprint density at radius 2 is 2.03 bits per heavy atom. The van der Waals surface area contributed by atoms with E-state index in [0.717, 1.165) is 21.3 Å². The molecule has 0 bridgehead atoms. The first-order valence-electron chi connectivity index (χ1n) is 9.90. The number of aromatic nitrogens is 3. The third kappa shape index (κ3) is 6.14. The first-order chi connectivity index (χ1) is 15.4. The highest BCUT2D eigenvalue weighted by Gasteiger charge is 2.15. The van der Waals surface area contributed by atoms with Gasteiger partial charge in [0.2, 0.25) is 5.91 Å². The number of amides is 1. The van der Waals surface area contributed by atoms with Crippen molar-refractivity contribution in [3.63, 3.8) is 0 Å². The average molecular weight is 517 g/mol. The number of hydrogen-bond acceptors (Lipinski definition) is 6. The topological polar surface area (TPSA) is 78.3 Å². The molecule has 7 nitrogen and oxygen atoms in total. The van der Waals surface area contributed by atoms with E-state index < -0.39 is 0 Å². The molecule has 9 heteroatoms. The van der Waals surface area contributed by atoms with Crippen LogP contribution < -0.4 is 14.8 Å². The number of aryl methyl sites for hydroxylation is 2. The van der Waals surface area contributed by atoms with Crippen molar-refractivity contribution in [1.82, 2.24) is 14.8 Å². The number of nitrogens with zero attached hydrogens (tertiary/aromatic N) is 3. The summed E-state index contributed by atoms with van der Waals surface area (Å²) >= 11 is 4.74. The van der Waals surface area contributed by atoms with Crippen LogP contribution in [-0.2, 0) is 17.9 Å². The van der Waals surface area contributed by atoms with E-state index in [4.69, 9.17) is 9.47 Å². The van der Waals surface area contributed by atoms with Crippen LogP contribution in [0.3, 0.4) is 0 Å². The standard InChI is InChI=1S/C23H25BrN4O3S/c1-5-10-28-21(13-31-19-9-6-15(2)11-20(19)30-4)26-27-23(28)32-14-22(29)25-18-8-7-17(24)12-16(18)3/h5-9,11-12H,1,10,13-14H2,2-4H3,(H,25,29). The van der Waals surface area contributed by atoms with Gasteiger partial charge in [-0.05, 0) is 55.3 Å². The van der Waals surface area contributed by atoms with Gasteiger partial charge < -0.3 is 14.8 Å². The molecule has 0 atom stereocenters. The van der Waals surface area contributed by atoms with Gasteiger partial charge in [-0.15, -0.1) is 16.8 Å². The zero-order valence-corrected chi connectivity index (χ0v) is 20.6. The van der Waals surface area contributed by atoms with Crippen molar-refractivity contribution in [3.8, 4) is 11.5 Å². The van der Waals surface area contributed by atoms with Crippen LogP contribution in [0, 0.1) is 13.8 Å². The summed E-state index contributed by atoms with van der Waals surface area (Å²) in [6.45, 7) is 8.47. The number of nitrogens with one attached hydrogen (secondary N) is 1. The second-order valence-electron chi connectivity index (χ2n) is 7.04. The van der Waals surface area contributed by atoms with Crippen molar-refractivity contribution >= 4 is 39.3 Å². The predicted molar refractivity (Wildman–Crippen MR) is 131 cm³/mol. The van der Waals surface area contributed by atoms with Crippen LogP contribution in [0.25, 0.3) is 0 Å². The second-order valence-corrected chi connectivity index (χ2v) is 8.90. The Balaban J connectivity index is 1.65. The predicted octanol–water partition coefficient (Wildman–Crippen LogP) is 5.16. The Kier molecular flexibility index (Phi) is 8.35. The van der Waals surface area contributed by atoms with Gasteiger partial charge in [-0.25, -0.2) is 0 Å². The van der Waals surface area contributed by atoms with Crippen LogP contribution in [0.15, 0.2) is 58.7 Å². The molecule has 1 aromatic heterocycles. The van der Waals surface area contributed by atoms with E-state index in [1.54, 1.807) is 13.2 Å². The lowest BCUT2D eigenvalue weighted by molar-refractivity contribution is -0.113. The van der Waals surface area contributed by atoms with E-state index in [-0.39, 0.29) is 18.3 Å². The SMILES string of the molecule is C=CCn1c(COc2ccc(C)cc2OC)nnc1SCC(=O)Nc1ccc(Br)cc1C. The third-order valence-electron chi connectivity index (χ3n) is 4.58. The number of allylic oxidation sites excluding steroid dienone is 1. The first-order valence-corrected chi connectivity index (χ1v) is 11.7. The maximum atomic E-state index is 12.4. The minimum atomic E-state index is -0.115. The molecule has 0 unspecified atom stereocenters. The molecule has 0 saturated heterocycles. The molecule has 0 aliphatic rings. The number of anilines is 1. The van der Waals surface area contributed by atoms with Gasteiger partial charge in [0, 0.05) is 16.7 Å². The van der Waals surface area contributed by atoms with Crippen LogP contribution in [0.1, 0.15) is 17.0 Å². The highest BCUT2D eigenvalue weighted by molar-refractivity contribution is 9.10. The quantitative estimate of drug-likeness (QED) is 0.296. The van der Waals surface area contributed by atoms with Gasteiger partial charge in [0.25, 0.3) is 0 Å². The third-order valence-corrected chi connectivity index (χ3v) is 6.04. The van der Waals surface area contributed by atoms with Crippen molar-refractivity contribution in [2.75, 3.05) is 18.2 Å². The average Bonchev–Trinajstić information content (AvgIpc) is 3.15. The number of carbonyl (C=O) groups is 1. The van der Waals surface area contributed by atoms with Crippen molar-refractivity contribution in [3.05, 3.63) is 70.5 Å². The molecule has 0 radical (unpaired) electrons. The molecule has 0 aliphatic heterocycles. The minimum Gasteiger partial charge on any atom is -0.493 e. The molecular weight excluding hydrogens is 492 g/mol. The summed E-state index contributed by atoms with van der Waals surface area (Å²) < 4.78 is 14.2. The van der Waals surface area contributed by atoms with E-state index >= 15 is 0 Å². The van der Waals surface area contributed by atoms with Crippen molar-refractivity contribution in [2.45, 2.75) is 32.2 Å². The largest absolute Gasteiger partial charge is 0.493 e. The molecule has 168 valence electrons. The Labute approximate surface area is 200 Å². The number of halogens is 1. The van der Waals surface area contributed by atoms with Gasteiger partial charge in [0.1, 0.15) is 6.61 Å². The Bertz CT molecular complexity index is 1120. The molecule has 3 aromatic rings. The maximum absolute atomic E-state index is 12.4. The number of hydrogen-bond donors (Lipinski definition) is 1. The zero-order chi connectivity index (χ0) is 23.1. The number of ether oxygens (including phenoxy) is 2. The van der Waals surface area contributed by atoms with Gasteiger partial charge in [0.05, 0.1) is 12.9 Å². The summed E-state index contributed by atoms with van der Waals surface area (Å²) in [4.78, 5) is 12.4. The number of thioether (sulfide) groups is 1. The number of carbonyl (C=O) groups excluding carboxylic acids is 1. The molecule has 2 aromatic carbocycles. The number of methoxy groups -OCH3 is 1. The highest BCUT2D eigenvalue weighted by atomic mass is 79.9. The normalized spacial score (nSPS) is 10.6. The molecule has 0 saturated carbocycles. The monoisotopic (exact) mass is 516 g/mol. The van der Waals surface area contributed by atoms with E-state index in [1.165, 1.54) is 11.8 Å². The Morgan fingerprint density at radius 1 is 1.22 bits per heavy atom. The second kappa shape index (κ2) is 11.2. The van der Waals surface area contributed by atoms with Gasteiger partial charge >= 0.3 is 0 Å². The lowest BCUT2D eigenvalue weighted by atomic mass is 10.2. The summed E-state index contributed by atoms with van der Waals surface area (Å²) in [5.74, 6) is 2.02. The van der Waals surface area contributed by atoms with Crippen LogP contribution >= 0.6 is 27.7 Å². The molecule has 0 spiro atoms. The van der Waals surface area contributed by atoms with E-state index in [0.29, 0.717) is 29.0 Å². The fourth-order valence-corrected chi connectivity index (χ4v) is 4.21. The molecule has 3 rings (SSSR count). The molecular formula is C23H25BrN4O3S. The van der Waals surface area contributed by atoms with Crippen LogP contribution in [-0.4, -0.2) is 33.5 Å². The fourth-order valence-electron chi connectivity index (χ4n) is 2.97. The van der Waals surface area contributed by atoms with Crippen LogP contribution in [0.5, 0.6) is 11.5 Å². The lowest BCUT2D eigenvalue weighted by Gasteiger charge is -2.12. The van der Waals surface area contributed by atoms with Crippen molar-refractivity contribution < 1.29 is 14.3 Å². The minimum absolute atomic E-state index is 0.115.